The molecule has 140 valence electrons. The summed E-state index contributed by atoms with van der Waals surface area (Å²) >= 11 is 0. The molecule has 1 aromatic carbocycles. The van der Waals surface area contributed by atoms with Crippen molar-refractivity contribution in [1.29, 1.82) is 0 Å². The van der Waals surface area contributed by atoms with Gasteiger partial charge in [0.25, 0.3) is 0 Å². The summed E-state index contributed by atoms with van der Waals surface area (Å²) < 4.78 is 0. The minimum absolute atomic E-state index is 0.725. The van der Waals surface area contributed by atoms with E-state index in [-0.39, 0.29) is 0 Å². The van der Waals surface area contributed by atoms with Crippen LogP contribution < -0.4 is 15.1 Å². The van der Waals surface area contributed by atoms with Gasteiger partial charge >= 0.3 is 0 Å². The van der Waals surface area contributed by atoms with Crippen LogP contribution in [-0.2, 0) is 13.1 Å². The van der Waals surface area contributed by atoms with Gasteiger partial charge in [-0.1, -0.05) is 24.3 Å². The van der Waals surface area contributed by atoms with E-state index in [0.717, 1.165) is 50.9 Å². The van der Waals surface area contributed by atoms with Crippen LogP contribution in [0, 0.1) is 6.92 Å². The Morgan fingerprint density at radius 1 is 0.926 bits per heavy atom. The lowest BCUT2D eigenvalue weighted by atomic mass is 10.1. The Kier molecular flexibility index (Phi) is 5.34. The predicted octanol–water partition coefficient (Wildman–Crippen LogP) is 2.73. The van der Waals surface area contributed by atoms with Crippen LogP contribution in [-0.4, -0.2) is 41.1 Å². The Bertz CT molecular complexity index is 853. The maximum Gasteiger partial charge on any atom is 0.133 e. The molecule has 1 fully saturated rings. The summed E-state index contributed by atoms with van der Waals surface area (Å²) in [6, 6.07) is 12.8. The molecule has 0 atom stereocenters. The van der Waals surface area contributed by atoms with Gasteiger partial charge in [0.1, 0.15) is 11.6 Å². The fourth-order valence-electron chi connectivity index (χ4n) is 3.64. The Morgan fingerprint density at radius 3 is 2.52 bits per heavy atom. The minimum Gasteiger partial charge on any atom is -0.368 e. The summed E-state index contributed by atoms with van der Waals surface area (Å²) in [6.07, 6.45) is 5.51. The van der Waals surface area contributed by atoms with Gasteiger partial charge in [-0.05, 0) is 24.6 Å². The number of nitrogens with zero attached hydrogens (tertiary/aromatic N) is 4. The zero-order chi connectivity index (χ0) is 18.5. The fourth-order valence-corrected chi connectivity index (χ4v) is 3.64. The zero-order valence-electron chi connectivity index (χ0n) is 15.7. The summed E-state index contributed by atoms with van der Waals surface area (Å²) in [5.74, 6) is 2.04. The number of benzene rings is 1. The lowest BCUT2D eigenvalue weighted by Crippen LogP contribution is -2.47. The third-order valence-corrected chi connectivity index (χ3v) is 5.07. The standard InChI is InChI=1S/C21H26N6/c1-17-5-2-3-7-19(17)26-11-13-27(14-12-26)21-18(6-4-8-25-21)15-22-16-20-23-9-10-24-20/h2-10,22H,11-16H2,1H3,(H,23,24). The summed E-state index contributed by atoms with van der Waals surface area (Å²) in [7, 11) is 0. The molecule has 3 aromatic rings. The molecule has 4 rings (SSSR count). The van der Waals surface area contributed by atoms with Gasteiger partial charge in [0.2, 0.25) is 0 Å². The zero-order valence-corrected chi connectivity index (χ0v) is 15.7. The van der Waals surface area contributed by atoms with Crippen LogP contribution in [0.4, 0.5) is 11.5 Å². The number of hydrogen-bond acceptors (Lipinski definition) is 5. The van der Waals surface area contributed by atoms with Crippen molar-refractivity contribution >= 4 is 11.5 Å². The molecule has 1 saturated heterocycles. The highest BCUT2D eigenvalue weighted by atomic mass is 15.3. The molecule has 1 aliphatic heterocycles. The number of H-pyrrole nitrogens is 1. The van der Waals surface area contributed by atoms with Gasteiger partial charge in [-0.2, -0.15) is 0 Å². The molecule has 0 saturated carbocycles. The molecule has 3 heterocycles. The van der Waals surface area contributed by atoms with Crippen LogP contribution in [0.5, 0.6) is 0 Å². The van der Waals surface area contributed by atoms with E-state index < -0.39 is 0 Å². The van der Waals surface area contributed by atoms with Gasteiger partial charge in [-0.25, -0.2) is 9.97 Å². The van der Waals surface area contributed by atoms with E-state index in [1.165, 1.54) is 16.8 Å². The number of aryl methyl sites for hydroxylation is 1. The molecule has 6 heteroatoms. The third-order valence-electron chi connectivity index (χ3n) is 5.07. The van der Waals surface area contributed by atoms with Crippen molar-refractivity contribution < 1.29 is 0 Å². The van der Waals surface area contributed by atoms with Crippen molar-refractivity contribution in [3.63, 3.8) is 0 Å². The molecule has 2 N–H and O–H groups in total. The number of aromatic nitrogens is 3. The number of anilines is 2. The second-order valence-corrected chi connectivity index (χ2v) is 6.89. The summed E-state index contributed by atoms with van der Waals surface area (Å²) in [5.41, 5.74) is 3.92. The predicted molar refractivity (Wildman–Crippen MR) is 109 cm³/mol. The molecular formula is C21H26N6. The highest BCUT2D eigenvalue weighted by molar-refractivity contribution is 5.55. The second kappa shape index (κ2) is 8.22. The van der Waals surface area contributed by atoms with E-state index in [4.69, 9.17) is 0 Å². The number of rotatable bonds is 6. The number of piperazine rings is 1. The lowest BCUT2D eigenvalue weighted by Gasteiger charge is -2.38. The monoisotopic (exact) mass is 362 g/mol. The molecule has 0 spiro atoms. The molecule has 6 nitrogen and oxygen atoms in total. The van der Waals surface area contributed by atoms with Crippen molar-refractivity contribution in [2.75, 3.05) is 36.0 Å². The minimum atomic E-state index is 0.725. The first-order chi connectivity index (χ1) is 13.3. The smallest absolute Gasteiger partial charge is 0.133 e. The molecule has 0 radical (unpaired) electrons. The third kappa shape index (κ3) is 4.11. The topological polar surface area (TPSA) is 60.1 Å². The van der Waals surface area contributed by atoms with Crippen molar-refractivity contribution in [3.05, 3.63) is 71.9 Å². The molecule has 0 bridgehead atoms. The van der Waals surface area contributed by atoms with Gasteiger partial charge in [0, 0.05) is 62.6 Å². The van der Waals surface area contributed by atoms with Gasteiger partial charge in [0.05, 0.1) is 6.54 Å². The Morgan fingerprint density at radius 2 is 1.74 bits per heavy atom. The first kappa shape index (κ1) is 17.5. The highest BCUT2D eigenvalue weighted by Crippen LogP contribution is 2.24. The highest BCUT2D eigenvalue weighted by Gasteiger charge is 2.20. The average Bonchev–Trinajstić information content (AvgIpc) is 3.23. The molecule has 0 aliphatic carbocycles. The van der Waals surface area contributed by atoms with E-state index in [9.17, 15) is 0 Å². The van der Waals surface area contributed by atoms with E-state index in [2.05, 4.69) is 67.3 Å². The van der Waals surface area contributed by atoms with Crippen LogP contribution in [0.25, 0.3) is 0 Å². The lowest BCUT2D eigenvalue weighted by molar-refractivity contribution is 0.631. The largest absolute Gasteiger partial charge is 0.368 e. The van der Waals surface area contributed by atoms with Crippen LogP contribution >= 0.6 is 0 Å². The van der Waals surface area contributed by atoms with Crippen LogP contribution in [0.1, 0.15) is 17.0 Å². The normalized spacial score (nSPS) is 14.6. The Labute approximate surface area is 160 Å². The van der Waals surface area contributed by atoms with Crippen molar-refractivity contribution in [2.45, 2.75) is 20.0 Å². The second-order valence-electron chi connectivity index (χ2n) is 6.89. The number of para-hydroxylation sites is 1. The summed E-state index contributed by atoms with van der Waals surface area (Å²) in [4.78, 5) is 16.9. The molecule has 1 aliphatic rings. The number of pyridine rings is 1. The number of imidazole rings is 1. The van der Waals surface area contributed by atoms with Crippen molar-refractivity contribution in [3.8, 4) is 0 Å². The van der Waals surface area contributed by atoms with Gasteiger partial charge in [-0.3, -0.25) is 0 Å². The first-order valence-corrected chi connectivity index (χ1v) is 9.49. The molecule has 0 unspecified atom stereocenters. The first-order valence-electron chi connectivity index (χ1n) is 9.49. The van der Waals surface area contributed by atoms with Crippen molar-refractivity contribution in [1.82, 2.24) is 20.3 Å². The average molecular weight is 362 g/mol. The molecular weight excluding hydrogens is 336 g/mol. The van der Waals surface area contributed by atoms with Crippen LogP contribution in [0.15, 0.2) is 55.0 Å². The van der Waals surface area contributed by atoms with E-state index in [1.54, 1.807) is 6.20 Å². The Balaban J connectivity index is 1.39. The summed E-state index contributed by atoms with van der Waals surface area (Å²) in [5, 5.41) is 3.45. The van der Waals surface area contributed by atoms with Crippen LogP contribution in [0.2, 0.25) is 0 Å². The van der Waals surface area contributed by atoms with E-state index >= 15 is 0 Å². The van der Waals surface area contributed by atoms with Crippen LogP contribution in [0.3, 0.4) is 0 Å². The Hall–Kier alpha value is -2.86. The fraction of sp³-hybridized carbons (Fsp3) is 0.333. The van der Waals surface area contributed by atoms with Gasteiger partial charge < -0.3 is 20.1 Å². The molecule has 27 heavy (non-hydrogen) atoms. The number of nitrogens with one attached hydrogen (secondary N) is 2. The molecule has 2 aromatic heterocycles. The van der Waals surface area contributed by atoms with E-state index in [1.807, 2.05) is 18.5 Å². The summed E-state index contributed by atoms with van der Waals surface area (Å²) in [6.45, 7) is 7.68. The van der Waals surface area contributed by atoms with Gasteiger partial charge in [0.15, 0.2) is 0 Å². The SMILES string of the molecule is Cc1ccccc1N1CCN(c2ncccc2CNCc2ncc[nH]2)CC1. The maximum atomic E-state index is 4.68. The number of aromatic amines is 1. The molecule has 0 amide bonds. The van der Waals surface area contributed by atoms with Crippen molar-refractivity contribution in [2.24, 2.45) is 0 Å². The maximum absolute atomic E-state index is 4.68. The van der Waals surface area contributed by atoms with Gasteiger partial charge in [-0.15, -0.1) is 0 Å². The van der Waals surface area contributed by atoms with E-state index in [0.29, 0.717) is 0 Å². The number of hydrogen-bond donors (Lipinski definition) is 2. The quantitative estimate of drug-likeness (QED) is 0.706.